The van der Waals surface area contributed by atoms with Crippen molar-refractivity contribution in [2.24, 2.45) is 0 Å². The van der Waals surface area contributed by atoms with Crippen LogP contribution in [0.5, 0.6) is 5.75 Å². The summed E-state index contributed by atoms with van der Waals surface area (Å²) in [5.74, 6) is 1.60. The number of ether oxygens (including phenoxy) is 1. The minimum absolute atomic E-state index is 0.218. The molecule has 0 aliphatic carbocycles. The monoisotopic (exact) mass is 297 g/mol. The van der Waals surface area contributed by atoms with Gasteiger partial charge in [0.25, 0.3) is 0 Å². The second-order valence-corrected chi connectivity index (χ2v) is 4.91. The maximum atomic E-state index is 9.12. The van der Waals surface area contributed by atoms with E-state index in [1.807, 2.05) is 43.3 Å². The van der Waals surface area contributed by atoms with Gasteiger partial charge in [0.2, 0.25) is 17.5 Å². The van der Waals surface area contributed by atoms with E-state index in [9.17, 15) is 0 Å². The fraction of sp³-hybridized carbons (Fsp3) is 0.294. The molecule has 2 aromatic rings. The maximum absolute atomic E-state index is 9.12. The summed E-state index contributed by atoms with van der Waals surface area (Å²) >= 11 is 0. The molecule has 0 aliphatic heterocycles. The van der Waals surface area contributed by atoms with Crippen LogP contribution in [-0.4, -0.2) is 18.1 Å². The van der Waals surface area contributed by atoms with E-state index in [1.165, 1.54) is 0 Å². The van der Waals surface area contributed by atoms with E-state index in [1.54, 1.807) is 13.2 Å². The van der Waals surface area contributed by atoms with Crippen molar-refractivity contribution in [1.29, 1.82) is 5.26 Å². The van der Waals surface area contributed by atoms with Crippen molar-refractivity contribution in [3.63, 3.8) is 0 Å². The van der Waals surface area contributed by atoms with Gasteiger partial charge < -0.3 is 14.5 Å². The Balaban J connectivity index is 2.19. The molecule has 0 saturated carbocycles. The lowest BCUT2D eigenvalue weighted by Gasteiger charge is -2.08. The lowest BCUT2D eigenvalue weighted by molar-refractivity contribution is 0.414. The number of nitrogens with one attached hydrogen (secondary N) is 1. The molecule has 0 spiro atoms. The Bertz CT molecular complexity index is 698. The van der Waals surface area contributed by atoms with Gasteiger partial charge >= 0.3 is 0 Å². The zero-order valence-electron chi connectivity index (χ0n) is 13.0. The van der Waals surface area contributed by atoms with Gasteiger partial charge in [-0.15, -0.1) is 0 Å². The Morgan fingerprint density at radius 3 is 2.95 bits per heavy atom. The first-order chi connectivity index (χ1) is 10.7. The second kappa shape index (κ2) is 7.32. The van der Waals surface area contributed by atoms with E-state index in [2.05, 4.69) is 17.2 Å². The Kier molecular flexibility index (Phi) is 5.21. The molecule has 5 heteroatoms. The van der Waals surface area contributed by atoms with Crippen molar-refractivity contribution in [2.75, 3.05) is 12.4 Å². The Labute approximate surface area is 130 Å². The van der Waals surface area contributed by atoms with Crippen LogP contribution in [0.15, 0.2) is 28.7 Å². The summed E-state index contributed by atoms with van der Waals surface area (Å²) in [5, 5.41) is 12.3. The zero-order valence-corrected chi connectivity index (χ0v) is 13.0. The molecular formula is C17H19N3O2. The minimum atomic E-state index is 0.218. The highest BCUT2D eigenvalue weighted by atomic mass is 16.5. The third kappa shape index (κ3) is 3.89. The number of benzene rings is 1. The predicted octanol–water partition coefficient (Wildman–Crippen LogP) is 3.94. The van der Waals surface area contributed by atoms with Crippen LogP contribution in [0.4, 0.5) is 5.88 Å². The van der Waals surface area contributed by atoms with Gasteiger partial charge in [0, 0.05) is 12.1 Å². The molecule has 1 aromatic heterocycles. The first kappa shape index (κ1) is 15.6. The van der Waals surface area contributed by atoms with Crippen LogP contribution in [0.3, 0.4) is 0 Å². The van der Waals surface area contributed by atoms with Crippen LogP contribution < -0.4 is 10.1 Å². The topological polar surface area (TPSA) is 71.1 Å². The van der Waals surface area contributed by atoms with E-state index in [-0.39, 0.29) is 11.7 Å². The Morgan fingerprint density at radius 1 is 1.45 bits per heavy atom. The largest absolute Gasteiger partial charge is 0.497 e. The van der Waals surface area contributed by atoms with E-state index in [4.69, 9.17) is 14.4 Å². The van der Waals surface area contributed by atoms with E-state index in [0.717, 1.165) is 17.7 Å². The van der Waals surface area contributed by atoms with Gasteiger partial charge in [-0.25, -0.2) is 0 Å². The normalized spacial score (nSPS) is 12.1. The molecule has 0 bridgehead atoms. The molecule has 0 aliphatic rings. The summed E-state index contributed by atoms with van der Waals surface area (Å²) in [4.78, 5) is 4.17. The van der Waals surface area contributed by atoms with Crippen molar-refractivity contribution in [3.8, 4) is 11.8 Å². The lowest BCUT2D eigenvalue weighted by Crippen LogP contribution is -2.13. The average Bonchev–Trinajstić information content (AvgIpc) is 2.94. The SMILES string of the molecule is CC[C@H](C)Nc1oc(/C=C/c2cccc(OC)c2)nc1C#N. The first-order valence-corrected chi connectivity index (χ1v) is 7.15. The molecular weight excluding hydrogens is 278 g/mol. The molecule has 114 valence electrons. The van der Waals surface area contributed by atoms with Crippen LogP contribution in [0.1, 0.15) is 37.4 Å². The summed E-state index contributed by atoms with van der Waals surface area (Å²) < 4.78 is 10.8. The summed E-state index contributed by atoms with van der Waals surface area (Å²) in [5.41, 5.74) is 1.23. The van der Waals surface area contributed by atoms with Gasteiger partial charge in [-0.05, 0) is 37.1 Å². The van der Waals surface area contributed by atoms with Gasteiger partial charge in [-0.1, -0.05) is 19.1 Å². The molecule has 0 fully saturated rings. The fourth-order valence-electron chi connectivity index (χ4n) is 1.82. The zero-order chi connectivity index (χ0) is 15.9. The van der Waals surface area contributed by atoms with Gasteiger partial charge in [0.1, 0.15) is 11.8 Å². The molecule has 1 heterocycles. The maximum Gasteiger partial charge on any atom is 0.232 e. The predicted molar refractivity (Wildman–Crippen MR) is 86.5 cm³/mol. The highest BCUT2D eigenvalue weighted by Crippen LogP contribution is 2.20. The highest BCUT2D eigenvalue weighted by Gasteiger charge is 2.12. The van der Waals surface area contributed by atoms with E-state index in [0.29, 0.717) is 11.8 Å². The van der Waals surface area contributed by atoms with Gasteiger partial charge in [-0.3, -0.25) is 0 Å². The molecule has 1 N–H and O–H groups in total. The third-order valence-electron chi connectivity index (χ3n) is 3.25. The molecule has 1 aromatic carbocycles. The Hall–Kier alpha value is -2.74. The summed E-state index contributed by atoms with van der Waals surface area (Å²) in [6.45, 7) is 4.08. The van der Waals surface area contributed by atoms with Crippen LogP contribution in [0.25, 0.3) is 12.2 Å². The second-order valence-electron chi connectivity index (χ2n) is 4.91. The molecule has 1 atom stereocenters. The Morgan fingerprint density at radius 2 is 2.27 bits per heavy atom. The standard InChI is InChI=1S/C17H19N3O2/c1-4-12(2)19-17-15(11-18)20-16(22-17)9-8-13-6-5-7-14(10-13)21-3/h5-10,12,19H,4H2,1-3H3/b9-8+/t12-/m0/s1. The van der Waals surface area contributed by atoms with Gasteiger partial charge in [0.05, 0.1) is 7.11 Å². The third-order valence-corrected chi connectivity index (χ3v) is 3.25. The lowest BCUT2D eigenvalue weighted by atomic mass is 10.2. The summed E-state index contributed by atoms with van der Waals surface area (Å²) in [6, 6.07) is 9.90. The minimum Gasteiger partial charge on any atom is -0.497 e. The number of nitriles is 1. The fourth-order valence-corrected chi connectivity index (χ4v) is 1.82. The molecule has 5 nitrogen and oxygen atoms in total. The summed E-state index contributed by atoms with van der Waals surface area (Å²) in [7, 11) is 1.63. The number of hydrogen-bond acceptors (Lipinski definition) is 5. The van der Waals surface area contributed by atoms with Crippen LogP contribution in [0.2, 0.25) is 0 Å². The van der Waals surface area contributed by atoms with Crippen molar-refractivity contribution < 1.29 is 9.15 Å². The summed E-state index contributed by atoms with van der Waals surface area (Å²) in [6.07, 6.45) is 4.53. The van der Waals surface area contributed by atoms with Gasteiger partial charge in [-0.2, -0.15) is 10.2 Å². The van der Waals surface area contributed by atoms with Gasteiger partial charge in [0.15, 0.2) is 0 Å². The van der Waals surface area contributed by atoms with Crippen molar-refractivity contribution in [2.45, 2.75) is 26.3 Å². The average molecular weight is 297 g/mol. The number of methoxy groups -OCH3 is 1. The molecule has 2 rings (SSSR count). The van der Waals surface area contributed by atoms with E-state index < -0.39 is 0 Å². The first-order valence-electron chi connectivity index (χ1n) is 7.15. The van der Waals surface area contributed by atoms with E-state index >= 15 is 0 Å². The van der Waals surface area contributed by atoms with Crippen molar-refractivity contribution in [1.82, 2.24) is 4.98 Å². The molecule has 0 unspecified atom stereocenters. The molecule has 0 saturated heterocycles. The number of oxazole rings is 1. The van der Waals surface area contributed by atoms with Crippen LogP contribution in [0, 0.1) is 11.3 Å². The number of hydrogen-bond donors (Lipinski definition) is 1. The molecule has 22 heavy (non-hydrogen) atoms. The number of rotatable bonds is 6. The smallest absolute Gasteiger partial charge is 0.232 e. The number of nitrogens with zero attached hydrogens (tertiary/aromatic N) is 2. The quantitative estimate of drug-likeness (QED) is 0.874. The van der Waals surface area contributed by atoms with Crippen molar-refractivity contribution in [3.05, 3.63) is 41.4 Å². The van der Waals surface area contributed by atoms with Crippen LogP contribution in [-0.2, 0) is 0 Å². The molecule has 0 amide bonds. The van der Waals surface area contributed by atoms with Crippen molar-refractivity contribution >= 4 is 18.0 Å². The van der Waals surface area contributed by atoms with Crippen LogP contribution >= 0.6 is 0 Å². The highest BCUT2D eigenvalue weighted by molar-refractivity contribution is 5.67. The number of anilines is 1. The molecule has 0 radical (unpaired) electrons. The number of aromatic nitrogens is 1.